The maximum absolute atomic E-state index is 12.4. The minimum Gasteiger partial charge on any atom is -0.336 e. The van der Waals surface area contributed by atoms with E-state index in [4.69, 9.17) is 0 Å². The number of carbonyl (C=O) groups is 2. The van der Waals surface area contributed by atoms with E-state index < -0.39 is 0 Å². The van der Waals surface area contributed by atoms with Crippen LogP contribution in [-0.2, 0) is 9.59 Å². The molecular formula is C19H28N2O2. The first kappa shape index (κ1) is 18.9. The summed E-state index contributed by atoms with van der Waals surface area (Å²) in [5, 5.41) is 2.72. The zero-order valence-electron chi connectivity index (χ0n) is 14.6. The summed E-state index contributed by atoms with van der Waals surface area (Å²) in [5.41, 5.74) is 1.69. The Morgan fingerprint density at radius 1 is 1.22 bits per heavy atom. The van der Waals surface area contributed by atoms with Crippen LogP contribution in [0, 0.1) is 0 Å². The van der Waals surface area contributed by atoms with Gasteiger partial charge < -0.3 is 10.2 Å². The van der Waals surface area contributed by atoms with Gasteiger partial charge in [0.25, 0.3) is 0 Å². The van der Waals surface area contributed by atoms with Gasteiger partial charge in [0.1, 0.15) is 0 Å². The van der Waals surface area contributed by atoms with E-state index in [1.807, 2.05) is 35.2 Å². The van der Waals surface area contributed by atoms with Gasteiger partial charge in [-0.1, -0.05) is 32.4 Å². The Balaban J connectivity index is 2.72. The van der Waals surface area contributed by atoms with Crippen LogP contribution < -0.4 is 5.32 Å². The monoisotopic (exact) mass is 316 g/mol. The van der Waals surface area contributed by atoms with E-state index in [2.05, 4.69) is 26.1 Å². The molecule has 0 aliphatic rings. The number of unbranched alkanes of at least 4 members (excludes halogenated alkanes) is 1. The smallest absolute Gasteiger partial charge is 0.246 e. The van der Waals surface area contributed by atoms with Crippen molar-refractivity contribution in [1.29, 1.82) is 0 Å². The normalized spacial score (nSPS) is 12.2. The van der Waals surface area contributed by atoms with Crippen molar-refractivity contribution in [1.82, 2.24) is 4.90 Å². The third-order valence-electron chi connectivity index (χ3n) is 3.81. The third-order valence-corrected chi connectivity index (χ3v) is 3.81. The lowest BCUT2D eigenvalue weighted by Crippen LogP contribution is -2.37. The van der Waals surface area contributed by atoms with Crippen LogP contribution >= 0.6 is 0 Å². The van der Waals surface area contributed by atoms with Gasteiger partial charge in [-0.25, -0.2) is 0 Å². The van der Waals surface area contributed by atoms with E-state index in [1.54, 1.807) is 6.08 Å². The largest absolute Gasteiger partial charge is 0.336 e. The van der Waals surface area contributed by atoms with Crippen molar-refractivity contribution in [2.45, 2.75) is 53.0 Å². The second-order valence-corrected chi connectivity index (χ2v) is 5.78. The molecule has 1 atom stereocenters. The van der Waals surface area contributed by atoms with Gasteiger partial charge in [-0.2, -0.15) is 0 Å². The molecule has 0 bridgehead atoms. The van der Waals surface area contributed by atoms with E-state index in [1.165, 1.54) is 6.92 Å². The molecule has 0 aliphatic carbocycles. The molecule has 1 aromatic carbocycles. The molecule has 1 aromatic rings. The summed E-state index contributed by atoms with van der Waals surface area (Å²) in [5.74, 6) is -0.0395. The first-order valence-electron chi connectivity index (χ1n) is 8.34. The third kappa shape index (κ3) is 6.68. The Kier molecular flexibility index (Phi) is 8.09. The van der Waals surface area contributed by atoms with Crippen molar-refractivity contribution in [3.8, 4) is 0 Å². The Morgan fingerprint density at radius 2 is 1.87 bits per heavy atom. The molecular weight excluding hydrogens is 288 g/mol. The fraction of sp³-hybridized carbons (Fsp3) is 0.474. The van der Waals surface area contributed by atoms with Crippen LogP contribution in [0.3, 0.4) is 0 Å². The lowest BCUT2D eigenvalue weighted by atomic mass is 10.1. The lowest BCUT2D eigenvalue weighted by Gasteiger charge is -2.27. The average molecular weight is 316 g/mol. The molecule has 0 heterocycles. The molecule has 126 valence electrons. The minimum absolute atomic E-state index is 0.0544. The van der Waals surface area contributed by atoms with Gasteiger partial charge in [0.15, 0.2) is 0 Å². The molecule has 2 amide bonds. The minimum atomic E-state index is -0.0939. The number of nitrogens with zero attached hydrogens (tertiary/aromatic N) is 1. The number of benzene rings is 1. The number of hydrogen-bond donors (Lipinski definition) is 1. The first-order valence-corrected chi connectivity index (χ1v) is 8.34. The predicted octanol–water partition coefficient (Wildman–Crippen LogP) is 4.09. The molecule has 1 unspecified atom stereocenters. The van der Waals surface area contributed by atoms with Crippen LogP contribution in [0.5, 0.6) is 0 Å². The van der Waals surface area contributed by atoms with Crippen molar-refractivity contribution in [2.24, 2.45) is 0 Å². The number of hydrogen-bond acceptors (Lipinski definition) is 2. The van der Waals surface area contributed by atoms with Gasteiger partial charge in [0.2, 0.25) is 11.8 Å². The van der Waals surface area contributed by atoms with Crippen molar-refractivity contribution in [2.75, 3.05) is 11.9 Å². The molecule has 0 spiro atoms. The predicted molar refractivity (Wildman–Crippen MR) is 96.2 cm³/mol. The summed E-state index contributed by atoms with van der Waals surface area (Å²) in [6, 6.07) is 7.67. The molecule has 0 radical (unpaired) electrons. The molecule has 1 rings (SSSR count). The van der Waals surface area contributed by atoms with Gasteiger partial charge in [0.05, 0.1) is 0 Å². The van der Waals surface area contributed by atoms with Gasteiger partial charge in [-0.3, -0.25) is 9.59 Å². The zero-order valence-corrected chi connectivity index (χ0v) is 14.6. The van der Waals surface area contributed by atoms with Crippen LogP contribution in [0.4, 0.5) is 5.69 Å². The molecule has 1 N–H and O–H groups in total. The summed E-state index contributed by atoms with van der Waals surface area (Å²) in [7, 11) is 0. The van der Waals surface area contributed by atoms with Crippen molar-refractivity contribution >= 4 is 23.6 Å². The summed E-state index contributed by atoms with van der Waals surface area (Å²) in [6.45, 7) is 8.60. The molecule has 0 aromatic heterocycles. The van der Waals surface area contributed by atoms with Crippen molar-refractivity contribution in [3.63, 3.8) is 0 Å². The van der Waals surface area contributed by atoms with E-state index in [-0.39, 0.29) is 17.9 Å². The SMILES string of the molecule is CCCCN(C(=O)C=Cc1ccc(NC(C)=O)cc1)C(C)CC. The Bertz CT molecular complexity index is 535. The van der Waals surface area contributed by atoms with E-state index in [0.717, 1.165) is 37.1 Å². The van der Waals surface area contributed by atoms with Gasteiger partial charge in [-0.15, -0.1) is 0 Å². The van der Waals surface area contributed by atoms with Gasteiger partial charge in [0, 0.05) is 31.3 Å². The Labute approximate surface area is 139 Å². The first-order chi connectivity index (χ1) is 11.0. The summed E-state index contributed by atoms with van der Waals surface area (Å²) >= 11 is 0. The molecule has 23 heavy (non-hydrogen) atoms. The van der Waals surface area contributed by atoms with Gasteiger partial charge in [-0.05, 0) is 43.5 Å². The maximum Gasteiger partial charge on any atom is 0.246 e. The van der Waals surface area contributed by atoms with Crippen LogP contribution in [0.2, 0.25) is 0 Å². The number of anilines is 1. The highest BCUT2D eigenvalue weighted by Crippen LogP contribution is 2.12. The van der Waals surface area contributed by atoms with Crippen LogP contribution in [-0.4, -0.2) is 29.3 Å². The fourth-order valence-corrected chi connectivity index (χ4v) is 2.24. The topological polar surface area (TPSA) is 49.4 Å². The number of amides is 2. The Hall–Kier alpha value is -2.10. The van der Waals surface area contributed by atoms with Crippen LogP contribution in [0.25, 0.3) is 6.08 Å². The number of carbonyl (C=O) groups excluding carboxylic acids is 2. The van der Waals surface area contributed by atoms with E-state index in [0.29, 0.717) is 0 Å². The quantitative estimate of drug-likeness (QED) is 0.735. The van der Waals surface area contributed by atoms with Crippen molar-refractivity contribution < 1.29 is 9.59 Å². The number of rotatable bonds is 8. The molecule has 0 saturated carbocycles. The highest BCUT2D eigenvalue weighted by molar-refractivity contribution is 5.92. The summed E-state index contributed by atoms with van der Waals surface area (Å²) in [6.07, 6.45) is 6.51. The Morgan fingerprint density at radius 3 is 2.39 bits per heavy atom. The van der Waals surface area contributed by atoms with E-state index in [9.17, 15) is 9.59 Å². The summed E-state index contributed by atoms with van der Waals surface area (Å²) < 4.78 is 0. The molecule has 0 saturated heterocycles. The maximum atomic E-state index is 12.4. The number of nitrogens with one attached hydrogen (secondary N) is 1. The second kappa shape index (κ2) is 9.82. The molecule has 0 aliphatic heterocycles. The highest BCUT2D eigenvalue weighted by Gasteiger charge is 2.15. The standard InChI is InChI=1S/C19H28N2O2/c1-5-7-14-21(15(3)6-2)19(23)13-10-17-8-11-18(12-9-17)20-16(4)22/h8-13,15H,5-7,14H2,1-4H3,(H,20,22). The second-order valence-electron chi connectivity index (χ2n) is 5.78. The van der Waals surface area contributed by atoms with Gasteiger partial charge >= 0.3 is 0 Å². The zero-order chi connectivity index (χ0) is 17.2. The lowest BCUT2D eigenvalue weighted by molar-refractivity contribution is -0.128. The van der Waals surface area contributed by atoms with Crippen molar-refractivity contribution in [3.05, 3.63) is 35.9 Å². The van der Waals surface area contributed by atoms with Crippen LogP contribution in [0.15, 0.2) is 30.3 Å². The molecule has 0 fully saturated rings. The molecule has 4 nitrogen and oxygen atoms in total. The summed E-state index contributed by atoms with van der Waals surface area (Å²) in [4.78, 5) is 25.3. The fourth-order valence-electron chi connectivity index (χ4n) is 2.24. The van der Waals surface area contributed by atoms with Crippen LogP contribution in [0.1, 0.15) is 52.5 Å². The highest BCUT2D eigenvalue weighted by atomic mass is 16.2. The van der Waals surface area contributed by atoms with E-state index >= 15 is 0 Å². The molecule has 4 heteroatoms. The average Bonchev–Trinajstić information content (AvgIpc) is 2.53.